The van der Waals surface area contributed by atoms with Gasteiger partial charge in [0.2, 0.25) is 0 Å². The van der Waals surface area contributed by atoms with Crippen LogP contribution in [0.2, 0.25) is 0 Å². The average molecular weight is 302 g/mol. The van der Waals surface area contributed by atoms with Crippen LogP contribution in [0.15, 0.2) is 53.7 Å². The number of hydrogen-bond acceptors (Lipinski definition) is 4. The molecule has 1 N–H and O–H groups in total. The summed E-state index contributed by atoms with van der Waals surface area (Å²) >= 11 is 1.76. The Hall–Kier alpha value is -1.52. The van der Waals surface area contributed by atoms with Gasteiger partial charge < -0.3 is 10.1 Å². The molecule has 0 amide bonds. The largest absolute Gasteiger partial charge is 0.494 e. The van der Waals surface area contributed by atoms with E-state index in [1.54, 1.807) is 11.8 Å². The molecular weight excluding hydrogens is 280 g/mol. The molecule has 0 aliphatic rings. The van der Waals surface area contributed by atoms with Crippen molar-refractivity contribution in [2.45, 2.75) is 24.4 Å². The topological polar surface area (TPSA) is 34.1 Å². The van der Waals surface area contributed by atoms with Crippen LogP contribution in [-0.2, 0) is 0 Å². The van der Waals surface area contributed by atoms with Gasteiger partial charge in [0.1, 0.15) is 5.75 Å². The van der Waals surface area contributed by atoms with Gasteiger partial charge in [0.05, 0.1) is 11.6 Å². The normalized spacial score (nSPS) is 12.1. The highest BCUT2D eigenvalue weighted by Gasteiger charge is 2.10. The number of nitrogens with zero attached hydrogens (tertiary/aromatic N) is 1. The fourth-order valence-corrected chi connectivity index (χ4v) is 2.97. The van der Waals surface area contributed by atoms with Crippen molar-refractivity contribution in [3.8, 4) is 5.75 Å². The fraction of sp³-hybridized carbons (Fsp3) is 0.353. The highest BCUT2D eigenvalue weighted by atomic mass is 32.2. The quantitative estimate of drug-likeness (QED) is 0.749. The number of nitrogens with one attached hydrogen (secondary N) is 1. The third kappa shape index (κ3) is 5.06. The zero-order valence-electron chi connectivity index (χ0n) is 12.6. The second-order valence-electron chi connectivity index (χ2n) is 4.74. The lowest BCUT2D eigenvalue weighted by Gasteiger charge is -2.16. The lowest BCUT2D eigenvalue weighted by Crippen LogP contribution is -2.18. The Bertz CT molecular complexity index is 516. The van der Waals surface area contributed by atoms with Crippen LogP contribution in [0, 0.1) is 0 Å². The molecule has 2 aromatic rings. The van der Waals surface area contributed by atoms with Crippen molar-refractivity contribution >= 4 is 11.8 Å². The zero-order valence-corrected chi connectivity index (χ0v) is 13.4. The molecule has 0 bridgehead atoms. The van der Waals surface area contributed by atoms with Crippen molar-refractivity contribution in [1.82, 2.24) is 10.3 Å². The molecule has 0 aliphatic carbocycles. The molecule has 0 saturated heterocycles. The highest BCUT2D eigenvalue weighted by Crippen LogP contribution is 2.24. The number of thioether (sulfide) groups is 1. The molecule has 0 saturated carbocycles. The van der Waals surface area contributed by atoms with E-state index in [1.807, 2.05) is 43.6 Å². The van der Waals surface area contributed by atoms with Crippen LogP contribution in [0.25, 0.3) is 0 Å². The van der Waals surface area contributed by atoms with E-state index in [2.05, 4.69) is 29.4 Å². The maximum atomic E-state index is 5.62. The van der Waals surface area contributed by atoms with Crippen molar-refractivity contribution in [2.24, 2.45) is 0 Å². The monoisotopic (exact) mass is 302 g/mol. The standard InChI is InChI=1S/C17H22N2OS/c1-3-12-20-15-9-7-14(8-10-15)16(18-2)13-21-17-6-4-5-11-19-17/h4-11,16,18H,3,12-13H2,1-2H3. The van der Waals surface area contributed by atoms with Crippen LogP contribution in [0.5, 0.6) is 5.75 Å². The van der Waals surface area contributed by atoms with Crippen molar-refractivity contribution in [3.63, 3.8) is 0 Å². The molecule has 1 heterocycles. The van der Waals surface area contributed by atoms with Gasteiger partial charge in [0.15, 0.2) is 0 Å². The summed E-state index contributed by atoms with van der Waals surface area (Å²) in [6.07, 6.45) is 2.86. The SMILES string of the molecule is CCCOc1ccc(C(CSc2ccccn2)NC)cc1. The predicted molar refractivity (Wildman–Crippen MR) is 89.0 cm³/mol. The molecule has 0 fully saturated rings. The lowest BCUT2D eigenvalue weighted by atomic mass is 10.1. The predicted octanol–water partition coefficient (Wildman–Crippen LogP) is 3.92. The van der Waals surface area contributed by atoms with E-state index in [4.69, 9.17) is 4.74 Å². The van der Waals surface area contributed by atoms with Crippen molar-refractivity contribution in [3.05, 3.63) is 54.2 Å². The Balaban J connectivity index is 1.94. The van der Waals surface area contributed by atoms with Crippen molar-refractivity contribution in [2.75, 3.05) is 19.4 Å². The number of rotatable bonds is 8. The number of aromatic nitrogens is 1. The van der Waals surface area contributed by atoms with Crippen LogP contribution in [-0.4, -0.2) is 24.4 Å². The second kappa shape index (κ2) is 8.70. The van der Waals surface area contributed by atoms with Gasteiger partial charge in [-0.2, -0.15) is 0 Å². The summed E-state index contributed by atoms with van der Waals surface area (Å²) in [4.78, 5) is 4.34. The Morgan fingerprint density at radius 2 is 2.00 bits per heavy atom. The molecule has 0 aliphatic heterocycles. The van der Waals surface area contributed by atoms with Gasteiger partial charge in [-0.15, -0.1) is 11.8 Å². The number of pyridine rings is 1. The van der Waals surface area contributed by atoms with E-state index >= 15 is 0 Å². The third-order valence-corrected chi connectivity index (χ3v) is 4.18. The molecular formula is C17H22N2OS. The molecule has 1 aromatic heterocycles. The van der Waals surface area contributed by atoms with E-state index in [9.17, 15) is 0 Å². The van der Waals surface area contributed by atoms with Gasteiger partial charge in [0, 0.05) is 18.0 Å². The zero-order chi connectivity index (χ0) is 14.9. The minimum absolute atomic E-state index is 0.303. The molecule has 112 valence electrons. The van der Waals surface area contributed by atoms with Crippen LogP contribution < -0.4 is 10.1 Å². The molecule has 1 unspecified atom stereocenters. The van der Waals surface area contributed by atoms with E-state index in [0.717, 1.165) is 29.6 Å². The Labute approximate surface area is 131 Å². The molecule has 21 heavy (non-hydrogen) atoms. The van der Waals surface area contributed by atoms with E-state index in [-0.39, 0.29) is 0 Å². The summed E-state index contributed by atoms with van der Waals surface area (Å²) in [7, 11) is 1.99. The van der Waals surface area contributed by atoms with Crippen LogP contribution in [0.3, 0.4) is 0 Å². The molecule has 3 nitrogen and oxygen atoms in total. The Morgan fingerprint density at radius 1 is 1.19 bits per heavy atom. The number of hydrogen-bond donors (Lipinski definition) is 1. The van der Waals surface area contributed by atoms with Crippen LogP contribution in [0.4, 0.5) is 0 Å². The summed E-state index contributed by atoms with van der Waals surface area (Å²) in [5.74, 6) is 1.88. The molecule has 2 rings (SSSR count). The first-order chi connectivity index (χ1) is 10.3. The van der Waals surface area contributed by atoms with Crippen LogP contribution in [0.1, 0.15) is 24.9 Å². The van der Waals surface area contributed by atoms with E-state index in [0.29, 0.717) is 6.04 Å². The summed E-state index contributed by atoms with van der Waals surface area (Å²) in [5.41, 5.74) is 1.27. The van der Waals surface area contributed by atoms with Crippen molar-refractivity contribution < 1.29 is 4.74 Å². The minimum atomic E-state index is 0.303. The smallest absolute Gasteiger partial charge is 0.119 e. The summed E-state index contributed by atoms with van der Waals surface area (Å²) in [5, 5.41) is 4.42. The lowest BCUT2D eigenvalue weighted by molar-refractivity contribution is 0.317. The Morgan fingerprint density at radius 3 is 2.62 bits per heavy atom. The minimum Gasteiger partial charge on any atom is -0.494 e. The van der Waals surface area contributed by atoms with Crippen molar-refractivity contribution in [1.29, 1.82) is 0 Å². The summed E-state index contributed by atoms with van der Waals surface area (Å²) in [6, 6.07) is 14.6. The maximum absolute atomic E-state index is 5.62. The van der Waals surface area contributed by atoms with Gasteiger partial charge in [-0.1, -0.05) is 25.1 Å². The first kappa shape index (κ1) is 15.9. The number of ether oxygens (including phenoxy) is 1. The molecule has 0 spiro atoms. The Kier molecular flexibility index (Phi) is 6.57. The second-order valence-corrected chi connectivity index (χ2v) is 5.78. The first-order valence-corrected chi connectivity index (χ1v) is 8.26. The molecule has 4 heteroatoms. The highest BCUT2D eigenvalue weighted by molar-refractivity contribution is 7.99. The number of benzene rings is 1. The van der Waals surface area contributed by atoms with E-state index in [1.165, 1.54) is 5.56 Å². The molecule has 1 atom stereocenters. The van der Waals surface area contributed by atoms with E-state index < -0.39 is 0 Å². The van der Waals surface area contributed by atoms with Gasteiger partial charge in [0.25, 0.3) is 0 Å². The molecule has 1 aromatic carbocycles. The maximum Gasteiger partial charge on any atom is 0.119 e. The van der Waals surface area contributed by atoms with Gasteiger partial charge in [-0.25, -0.2) is 4.98 Å². The fourth-order valence-electron chi connectivity index (χ4n) is 1.96. The van der Waals surface area contributed by atoms with Gasteiger partial charge in [-0.3, -0.25) is 0 Å². The summed E-state index contributed by atoms with van der Waals surface area (Å²) < 4.78 is 5.62. The molecule has 0 radical (unpaired) electrons. The average Bonchev–Trinajstić information content (AvgIpc) is 2.55. The van der Waals surface area contributed by atoms with Crippen LogP contribution >= 0.6 is 11.8 Å². The summed E-state index contributed by atoms with van der Waals surface area (Å²) in [6.45, 7) is 2.88. The van der Waals surface area contributed by atoms with Gasteiger partial charge in [-0.05, 0) is 43.3 Å². The third-order valence-electron chi connectivity index (χ3n) is 3.14. The first-order valence-electron chi connectivity index (χ1n) is 7.27. The van der Waals surface area contributed by atoms with Gasteiger partial charge >= 0.3 is 0 Å².